The molecule has 3 aromatic rings. The molecule has 0 saturated carbocycles. The Morgan fingerprint density at radius 2 is 1.97 bits per heavy atom. The van der Waals surface area contributed by atoms with Crippen LogP contribution in [0.5, 0.6) is 5.75 Å². The third-order valence-electron chi connectivity index (χ3n) is 5.20. The first kappa shape index (κ1) is 20.3. The molecule has 2 heterocycles. The number of aromatic nitrogens is 1. The molecule has 0 amide bonds. The molecule has 4 rings (SSSR count). The Balaban J connectivity index is 2.03. The number of alkyl halides is 3. The van der Waals surface area contributed by atoms with Crippen LogP contribution in [0.25, 0.3) is 22.0 Å². The lowest BCUT2D eigenvalue weighted by Gasteiger charge is -2.19. The highest BCUT2D eigenvalue weighted by Crippen LogP contribution is 2.45. The molecule has 0 unspecified atom stereocenters. The summed E-state index contributed by atoms with van der Waals surface area (Å²) in [5.41, 5.74) is 4.65. The standard InChI is InChI=1S/C22H22F3N3O2/c1-2-13-5-3-4-6-14(13)15-7-8-17(30-22(23,24)25)20-18(15)19-16(9-10-26-19)21(28-20)27-11-12-29/h3-8,26,29H,2,9-12H2,1H3,(H,27,28). The molecule has 0 fully saturated rings. The molecule has 8 heteroatoms. The van der Waals surface area contributed by atoms with Gasteiger partial charge in [-0.05, 0) is 41.7 Å². The maximum Gasteiger partial charge on any atom is 0.573 e. The molecule has 0 spiro atoms. The number of halogens is 3. The number of benzene rings is 2. The SMILES string of the molecule is CCc1ccccc1-c1ccc(OC(F)(F)F)c2nc(NCCO)c3c(c12)NCC3. The van der Waals surface area contributed by atoms with Gasteiger partial charge in [-0.3, -0.25) is 0 Å². The molecule has 1 aromatic heterocycles. The molecular formula is C22H22F3N3O2. The molecule has 0 saturated heterocycles. The Morgan fingerprint density at radius 1 is 1.17 bits per heavy atom. The van der Waals surface area contributed by atoms with E-state index in [1.807, 2.05) is 31.2 Å². The van der Waals surface area contributed by atoms with E-state index in [4.69, 9.17) is 5.11 Å². The van der Waals surface area contributed by atoms with Crippen LogP contribution in [0, 0.1) is 0 Å². The Labute approximate surface area is 171 Å². The van der Waals surface area contributed by atoms with Gasteiger partial charge >= 0.3 is 6.36 Å². The fraction of sp³-hybridized carbons (Fsp3) is 0.318. The van der Waals surface area contributed by atoms with Gasteiger partial charge in [0.2, 0.25) is 0 Å². The average molecular weight is 417 g/mol. The van der Waals surface area contributed by atoms with Gasteiger partial charge in [0.05, 0.1) is 12.3 Å². The second kappa shape index (κ2) is 8.02. The lowest BCUT2D eigenvalue weighted by Crippen LogP contribution is -2.18. The number of aliphatic hydroxyl groups is 1. The van der Waals surface area contributed by atoms with Gasteiger partial charge in [0.15, 0.2) is 5.75 Å². The van der Waals surface area contributed by atoms with Gasteiger partial charge < -0.3 is 20.5 Å². The molecule has 0 atom stereocenters. The van der Waals surface area contributed by atoms with Gasteiger partial charge in [0.1, 0.15) is 11.3 Å². The monoisotopic (exact) mass is 417 g/mol. The predicted octanol–water partition coefficient (Wildman–Crippen LogP) is 4.74. The molecule has 158 valence electrons. The highest BCUT2D eigenvalue weighted by molar-refractivity contribution is 6.08. The number of ether oxygens (including phenoxy) is 1. The highest BCUT2D eigenvalue weighted by atomic mass is 19.4. The van der Waals surface area contributed by atoms with Gasteiger partial charge in [0.25, 0.3) is 0 Å². The number of hydrogen-bond acceptors (Lipinski definition) is 5. The lowest BCUT2D eigenvalue weighted by molar-refractivity contribution is -0.274. The maximum absolute atomic E-state index is 13.1. The lowest BCUT2D eigenvalue weighted by atomic mass is 9.93. The zero-order valence-electron chi connectivity index (χ0n) is 16.4. The summed E-state index contributed by atoms with van der Waals surface area (Å²) in [6, 6.07) is 10.8. The minimum atomic E-state index is -4.83. The minimum absolute atomic E-state index is 0.113. The molecule has 5 nitrogen and oxygen atoms in total. The number of aryl methyl sites for hydroxylation is 1. The van der Waals surface area contributed by atoms with Crippen molar-refractivity contribution in [3.05, 3.63) is 47.5 Å². The summed E-state index contributed by atoms with van der Waals surface area (Å²) in [6.07, 6.45) is -3.36. The predicted molar refractivity (Wildman–Crippen MR) is 111 cm³/mol. The number of nitrogens with zero attached hydrogens (tertiary/aromatic N) is 1. The fourth-order valence-electron chi connectivity index (χ4n) is 3.98. The minimum Gasteiger partial charge on any atom is -0.403 e. The van der Waals surface area contributed by atoms with E-state index in [-0.39, 0.29) is 24.4 Å². The van der Waals surface area contributed by atoms with Crippen molar-refractivity contribution in [2.24, 2.45) is 0 Å². The van der Waals surface area contributed by atoms with E-state index in [9.17, 15) is 13.2 Å². The smallest absolute Gasteiger partial charge is 0.403 e. The van der Waals surface area contributed by atoms with Crippen LogP contribution in [0.15, 0.2) is 36.4 Å². The molecule has 1 aliphatic heterocycles. The maximum atomic E-state index is 13.1. The van der Waals surface area contributed by atoms with Crippen LogP contribution in [0.2, 0.25) is 0 Å². The first-order chi connectivity index (χ1) is 14.4. The van der Waals surface area contributed by atoms with Crippen molar-refractivity contribution in [1.82, 2.24) is 4.98 Å². The fourth-order valence-corrected chi connectivity index (χ4v) is 3.98. The topological polar surface area (TPSA) is 66.4 Å². The Bertz CT molecular complexity index is 1080. The van der Waals surface area contributed by atoms with E-state index in [1.54, 1.807) is 6.07 Å². The number of nitrogens with one attached hydrogen (secondary N) is 2. The van der Waals surface area contributed by atoms with Gasteiger partial charge in [-0.15, -0.1) is 13.2 Å². The average Bonchev–Trinajstić information content (AvgIpc) is 3.21. The summed E-state index contributed by atoms with van der Waals surface area (Å²) in [4.78, 5) is 4.52. The highest BCUT2D eigenvalue weighted by Gasteiger charge is 2.33. The van der Waals surface area contributed by atoms with E-state index < -0.39 is 6.36 Å². The van der Waals surface area contributed by atoms with Crippen molar-refractivity contribution >= 4 is 22.4 Å². The Morgan fingerprint density at radius 3 is 2.70 bits per heavy atom. The second-order valence-corrected chi connectivity index (χ2v) is 7.03. The van der Waals surface area contributed by atoms with E-state index in [2.05, 4.69) is 20.4 Å². The zero-order chi connectivity index (χ0) is 21.3. The molecule has 3 N–H and O–H groups in total. The summed E-state index contributed by atoms with van der Waals surface area (Å²) >= 11 is 0. The Kier molecular flexibility index (Phi) is 5.42. The summed E-state index contributed by atoms with van der Waals surface area (Å²) < 4.78 is 43.5. The van der Waals surface area contributed by atoms with Crippen molar-refractivity contribution in [3.8, 4) is 16.9 Å². The summed E-state index contributed by atoms with van der Waals surface area (Å²) in [6.45, 7) is 2.83. The van der Waals surface area contributed by atoms with Crippen molar-refractivity contribution in [3.63, 3.8) is 0 Å². The van der Waals surface area contributed by atoms with Gasteiger partial charge in [-0.1, -0.05) is 31.2 Å². The zero-order valence-corrected chi connectivity index (χ0v) is 16.4. The van der Waals surface area contributed by atoms with Crippen molar-refractivity contribution in [2.75, 3.05) is 30.3 Å². The summed E-state index contributed by atoms with van der Waals surface area (Å²) in [5.74, 6) is 0.114. The largest absolute Gasteiger partial charge is 0.573 e. The number of fused-ring (bicyclic) bond motifs is 3. The molecule has 1 aliphatic rings. The van der Waals surface area contributed by atoms with Crippen LogP contribution in [0.1, 0.15) is 18.1 Å². The number of pyridine rings is 1. The van der Waals surface area contributed by atoms with E-state index in [0.29, 0.717) is 24.2 Å². The number of rotatable bonds is 6. The van der Waals surface area contributed by atoms with Crippen LogP contribution in [-0.4, -0.2) is 36.1 Å². The van der Waals surface area contributed by atoms with Gasteiger partial charge in [-0.2, -0.15) is 0 Å². The van der Waals surface area contributed by atoms with Gasteiger partial charge in [0, 0.05) is 24.0 Å². The normalized spacial score (nSPS) is 13.2. The van der Waals surface area contributed by atoms with Crippen molar-refractivity contribution < 1.29 is 23.0 Å². The summed E-state index contributed by atoms with van der Waals surface area (Å²) in [7, 11) is 0. The number of aliphatic hydroxyl groups excluding tert-OH is 1. The first-order valence-electron chi connectivity index (χ1n) is 9.85. The first-order valence-corrected chi connectivity index (χ1v) is 9.85. The van der Waals surface area contributed by atoms with Crippen molar-refractivity contribution in [1.29, 1.82) is 0 Å². The van der Waals surface area contributed by atoms with Crippen molar-refractivity contribution in [2.45, 2.75) is 26.1 Å². The number of hydrogen-bond donors (Lipinski definition) is 3. The summed E-state index contributed by atoms with van der Waals surface area (Å²) in [5, 5.41) is 16.1. The van der Waals surface area contributed by atoms with Crippen LogP contribution in [0.4, 0.5) is 24.7 Å². The van der Waals surface area contributed by atoms with E-state index >= 15 is 0 Å². The van der Waals surface area contributed by atoms with E-state index in [1.165, 1.54) is 6.07 Å². The molecule has 0 radical (unpaired) electrons. The molecule has 2 aromatic carbocycles. The van der Waals surface area contributed by atoms with E-state index in [0.717, 1.165) is 34.4 Å². The quantitative estimate of drug-likeness (QED) is 0.541. The van der Waals surface area contributed by atoms with Gasteiger partial charge in [-0.25, -0.2) is 4.98 Å². The Hall–Kier alpha value is -3.00. The van der Waals surface area contributed by atoms with Crippen LogP contribution in [0.3, 0.4) is 0 Å². The second-order valence-electron chi connectivity index (χ2n) is 7.03. The number of anilines is 2. The van der Waals surface area contributed by atoms with Crippen LogP contribution in [-0.2, 0) is 12.8 Å². The molecular weight excluding hydrogens is 395 g/mol. The molecule has 0 bridgehead atoms. The van der Waals surface area contributed by atoms with Crippen LogP contribution < -0.4 is 15.4 Å². The third kappa shape index (κ3) is 3.75. The molecule has 0 aliphatic carbocycles. The van der Waals surface area contributed by atoms with Crippen LogP contribution >= 0.6 is 0 Å². The third-order valence-corrected chi connectivity index (χ3v) is 5.20. The molecule has 30 heavy (non-hydrogen) atoms.